The van der Waals surface area contributed by atoms with Crippen molar-refractivity contribution in [3.05, 3.63) is 47.8 Å². The van der Waals surface area contributed by atoms with Crippen LogP contribution in [0, 0.1) is 0 Å². The van der Waals surface area contributed by atoms with Crippen LogP contribution in [0.1, 0.15) is 24.2 Å². The van der Waals surface area contributed by atoms with Gasteiger partial charge in [-0.05, 0) is 37.7 Å². The Morgan fingerprint density at radius 3 is 2.78 bits per heavy atom. The van der Waals surface area contributed by atoms with Crippen LogP contribution >= 0.6 is 0 Å². The third-order valence-electron chi connectivity index (χ3n) is 3.23. The van der Waals surface area contributed by atoms with E-state index in [1.54, 1.807) is 0 Å². The first-order valence-corrected chi connectivity index (χ1v) is 6.10. The summed E-state index contributed by atoms with van der Waals surface area (Å²) in [6, 6.07) is 10.4. The van der Waals surface area contributed by atoms with Gasteiger partial charge in [0.1, 0.15) is 0 Å². The monoisotopic (exact) mass is 244 g/mol. The van der Waals surface area contributed by atoms with Crippen molar-refractivity contribution in [3.8, 4) is 0 Å². The molecule has 1 heterocycles. The van der Waals surface area contributed by atoms with Gasteiger partial charge in [0.25, 0.3) is 0 Å². The average molecular weight is 244 g/mol. The minimum absolute atomic E-state index is 0.315. The molecule has 1 aromatic carbocycles. The van der Waals surface area contributed by atoms with Crippen molar-refractivity contribution < 1.29 is 0 Å². The van der Waals surface area contributed by atoms with Gasteiger partial charge in [0, 0.05) is 31.5 Å². The van der Waals surface area contributed by atoms with Gasteiger partial charge in [-0.25, -0.2) is 0 Å². The summed E-state index contributed by atoms with van der Waals surface area (Å²) in [6.07, 6.45) is 1.97. The molecule has 2 N–H and O–H groups in total. The lowest BCUT2D eigenvalue weighted by Crippen LogP contribution is -2.22. The normalized spacial score (nSPS) is 12.9. The molecule has 2 aromatic rings. The van der Waals surface area contributed by atoms with Crippen molar-refractivity contribution in [2.75, 3.05) is 12.8 Å². The number of rotatable bonds is 4. The topological polar surface area (TPSA) is 47.1 Å². The van der Waals surface area contributed by atoms with E-state index in [4.69, 9.17) is 5.73 Å². The summed E-state index contributed by atoms with van der Waals surface area (Å²) >= 11 is 0. The van der Waals surface area contributed by atoms with Gasteiger partial charge in [-0.2, -0.15) is 5.10 Å². The first kappa shape index (κ1) is 12.6. The molecule has 0 amide bonds. The minimum Gasteiger partial charge on any atom is -0.399 e. The molecular formula is C14H20N4. The largest absolute Gasteiger partial charge is 0.399 e. The summed E-state index contributed by atoms with van der Waals surface area (Å²) < 4.78 is 1.83. The van der Waals surface area contributed by atoms with Gasteiger partial charge in [-0.3, -0.25) is 9.58 Å². The minimum atomic E-state index is 0.315. The Kier molecular flexibility index (Phi) is 3.67. The number of anilines is 1. The molecule has 96 valence electrons. The van der Waals surface area contributed by atoms with E-state index in [0.717, 1.165) is 17.9 Å². The zero-order chi connectivity index (χ0) is 13.1. The molecule has 0 fully saturated rings. The maximum Gasteiger partial charge on any atom is 0.0764 e. The second kappa shape index (κ2) is 5.23. The SMILES string of the molecule is CC(c1cccc(N)c1)N(C)Cc1ccn(C)n1. The van der Waals surface area contributed by atoms with E-state index >= 15 is 0 Å². The summed E-state index contributed by atoms with van der Waals surface area (Å²) in [5.41, 5.74) is 8.94. The summed E-state index contributed by atoms with van der Waals surface area (Å²) in [7, 11) is 4.04. The van der Waals surface area contributed by atoms with E-state index in [1.807, 2.05) is 42.2 Å². The van der Waals surface area contributed by atoms with Crippen molar-refractivity contribution >= 4 is 5.69 Å². The van der Waals surface area contributed by atoms with Gasteiger partial charge in [-0.1, -0.05) is 12.1 Å². The molecule has 0 aliphatic rings. The van der Waals surface area contributed by atoms with E-state index in [2.05, 4.69) is 30.0 Å². The molecule has 0 aliphatic carbocycles. The lowest BCUT2D eigenvalue weighted by atomic mass is 10.1. The number of nitrogens with zero attached hydrogens (tertiary/aromatic N) is 3. The number of benzene rings is 1. The Morgan fingerprint density at radius 2 is 2.17 bits per heavy atom. The standard InChI is InChI=1S/C14H20N4/c1-11(12-5-4-6-13(15)9-12)17(2)10-14-7-8-18(3)16-14/h4-9,11H,10,15H2,1-3H3. The number of aromatic nitrogens is 2. The molecule has 4 heteroatoms. The van der Waals surface area contributed by atoms with Crippen LogP contribution in [0.2, 0.25) is 0 Å². The van der Waals surface area contributed by atoms with Crippen LogP contribution in [-0.2, 0) is 13.6 Å². The fraction of sp³-hybridized carbons (Fsp3) is 0.357. The molecule has 1 aromatic heterocycles. The molecule has 18 heavy (non-hydrogen) atoms. The molecule has 4 nitrogen and oxygen atoms in total. The molecule has 0 saturated carbocycles. The highest BCUT2D eigenvalue weighted by Crippen LogP contribution is 2.21. The predicted molar refractivity (Wildman–Crippen MR) is 73.9 cm³/mol. The number of aryl methyl sites for hydroxylation is 1. The molecule has 0 aliphatic heterocycles. The van der Waals surface area contributed by atoms with Gasteiger partial charge in [0.05, 0.1) is 5.69 Å². The maximum atomic E-state index is 5.82. The third-order valence-corrected chi connectivity index (χ3v) is 3.23. The van der Waals surface area contributed by atoms with Crippen molar-refractivity contribution in [2.24, 2.45) is 7.05 Å². The van der Waals surface area contributed by atoms with Crippen LogP contribution in [0.3, 0.4) is 0 Å². The number of nitrogen functional groups attached to an aromatic ring is 1. The number of hydrogen-bond donors (Lipinski definition) is 1. The van der Waals surface area contributed by atoms with E-state index in [-0.39, 0.29) is 0 Å². The fourth-order valence-corrected chi connectivity index (χ4v) is 2.01. The molecule has 0 radical (unpaired) electrons. The highest BCUT2D eigenvalue weighted by Gasteiger charge is 2.13. The van der Waals surface area contributed by atoms with Gasteiger partial charge in [-0.15, -0.1) is 0 Å². The summed E-state index contributed by atoms with van der Waals surface area (Å²) in [5.74, 6) is 0. The second-order valence-corrected chi connectivity index (χ2v) is 4.74. The lowest BCUT2D eigenvalue weighted by Gasteiger charge is -2.24. The number of hydrogen-bond acceptors (Lipinski definition) is 3. The average Bonchev–Trinajstić information content (AvgIpc) is 2.73. The summed E-state index contributed by atoms with van der Waals surface area (Å²) in [5, 5.41) is 4.39. The highest BCUT2D eigenvalue weighted by molar-refractivity contribution is 5.41. The van der Waals surface area contributed by atoms with Crippen LogP contribution < -0.4 is 5.73 Å². The molecule has 1 atom stereocenters. The van der Waals surface area contributed by atoms with E-state index in [1.165, 1.54) is 5.56 Å². The molecule has 1 unspecified atom stereocenters. The quantitative estimate of drug-likeness (QED) is 0.839. The van der Waals surface area contributed by atoms with Crippen LogP contribution in [-0.4, -0.2) is 21.7 Å². The van der Waals surface area contributed by atoms with Crippen molar-refractivity contribution in [1.29, 1.82) is 0 Å². The molecule has 0 saturated heterocycles. The summed E-state index contributed by atoms with van der Waals surface area (Å²) in [4.78, 5) is 2.26. The first-order chi connectivity index (χ1) is 8.56. The predicted octanol–water partition coefficient (Wildman–Crippen LogP) is 2.20. The van der Waals surface area contributed by atoms with Crippen molar-refractivity contribution in [3.63, 3.8) is 0 Å². The van der Waals surface area contributed by atoms with Crippen molar-refractivity contribution in [1.82, 2.24) is 14.7 Å². The lowest BCUT2D eigenvalue weighted by molar-refractivity contribution is 0.249. The van der Waals surface area contributed by atoms with E-state index in [0.29, 0.717) is 6.04 Å². The summed E-state index contributed by atoms with van der Waals surface area (Å²) in [6.45, 7) is 3.01. The smallest absolute Gasteiger partial charge is 0.0764 e. The number of nitrogens with two attached hydrogens (primary N) is 1. The van der Waals surface area contributed by atoms with Crippen molar-refractivity contribution in [2.45, 2.75) is 19.5 Å². The maximum absolute atomic E-state index is 5.82. The Labute approximate surface area is 108 Å². The Bertz CT molecular complexity index is 518. The zero-order valence-electron chi connectivity index (χ0n) is 11.2. The van der Waals surface area contributed by atoms with E-state index in [9.17, 15) is 0 Å². The van der Waals surface area contributed by atoms with Gasteiger partial charge in [0.2, 0.25) is 0 Å². The molecular weight excluding hydrogens is 224 g/mol. The Morgan fingerprint density at radius 1 is 1.39 bits per heavy atom. The molecule has 2 rings (SSSR count). The third kappa shape index (κ3) is 2.90. The molecule has 0 bridgehead atoms. The van der Waals surface area contributed by atoms with Crippen LogP contribution in [0.15, 0.2) is 36.5 Å². The fourth-order valence-electron chi connectivity index (χ4n) is 2.01. The van der Waals surface area contributed by atoms with Crippen LogP contribution in [0.4, 0.5) is 5.69 Å². The Hall–Kier alpha value is -1.81. The van der Waals surface area contributed by atoms with Gasteiger partial charge < -0.3 is 5.73 Å². The second-order valence-electron chi connectivity index (χ2n) is 4.74. The highest BCUT2D eigenvalue weighted by atomic mass is 15.3. The first-order valence-electron chi connectivity index (χ1n) is 6.10. The van der Waals surface area contributed by atoms with Gasteiger partial charge >= 0.3 is 0 Å². The van der Waals surface area contributed by atoms with E-state index < -0.39 is 0 Å². The zero-order valence-corrected chi connectivity index (χ0v) is 11.2. The van der Waals surface area contributed by atoms with Crippen LogP contribution in [0.25, 0.3) is 0 Å². The van der Waals surface area contributed by atoms with Crippen LogP contribution in [0.5, 0.6) is 0 Å². The van der Waals surface area contributed by atoms with Gasteiger partial charge in [0.15, 0.2) is 0 Å². The molecule has 0 spiro atoms. The Balaban J connectivity index is 2.06.